The van der Waals surface area contributed by atoms with Crippen molar-refractivity contribution in [2.45, 2.75) is 64.0 Å². The van der Waals surface area contributed by atoms with Crippen molar-refractivity contribution in [3.05, 3.63) is 0 Å². The number of unbranched alkanes of at least 4 members (excludes halogenated alkanes) is 1. The highest BCUT2D eigenvalue weighted by Gasteiger charge is 2.21. The van der Waals surface area contributed by atoms with Crippen molar-refractivity contribution in [2.75, 3.05) is 33.0 Å². The maximum Gasteiger partial charge on any atom is 0.0809 e. The first kappa shape index (κ1) is 16.9. The van der Waals surface area contributed by atoms with Crippen molar-refractivity contribution >= 4 is 0 Å². The van der Waals surface area contributed by atoms with Crippen molar-refractivity contribution in [3.8, 4) is 0 Å². The lowest BCUT2D eigenvalue weighted by Gasteiger charge is -2.28. The van der Waals surface area contributed by atoms with Gasteiger partial charge in [-0.3, -0.25) is 0 Å². The molecule has 19 heavy (non-hydrogen) atoms. The molecule has 0 aromatic rings. The molecule has 114 valence electrons. The van der Waals surface area contributed by atoms with Gasteiger partial charge in [0, 0.05) is 18.8 Å². The van der Waals surface area contributed by atoms with Crippen molar-refractivity contribution in [3.63, 3.8) is 0 Å². The lowest BCUT2D eigenvalue weighted by atomic mass is 9.95. The first-order chi connectivity index (χ1) is 9.20. The summed E-state index contributed by atoms with van der Waals surface area (Å²) in [5.74, 6) is 0. The van der Waals surface area contributed by atoms with Gasteiger partial charge >= 0.3 is 0 Å². The molecular formula is C15H31NO3. The van der Waals surface area contributed by atoms with Crippen LogP contribution in [0.25, 0.3) is 0 Å². The second-order valence-electron chi connectivity index (χ2n) is 5.81. The molecule has 0 aromatic carbocycles. The highest BCUT2D eigenvalue weighted by atomic mass is 16.5. The Kier molecular flexibility index (Phi) is 8.62. The van der Waals surface area contributed by atoms with Crippen LogP contribution in [0, 0.1) is 0 Å². The maximum absolute atomic E-state index is 9.45. The standard InChI is InChI=1S/C15H31NO3/c1-3-9-16-15(2,13-17)8-4-5-10-18-12-14-7-6-11-19-14/h14,16-17H,3-13H2,1-2H3. The molecular weight excluding hydrogens is 242 g/mol. The van der Waals surface area contributed by atoms with Crippen LogP contribution in [-0.2, 0) is 9.47 Å². The third-order valence-corrected chi connectivity index (χ3v) is 3.75. The Bertz CT molecular complexity index is 219. The van der Waals surface area contributed by atoms with E-state index in [0.29, 0.717) is 6.10 Å². The number of hydrogen-bond acceptors (Lipinski definition) is 4. The van der Waals surface area contributed by atoms with E-state index in [2.05, 4.69) is 19.2 Å². The predicted molar refractivity (Wildman–Crippen MR) is 77.4 cm³/mol. The Morgan fingerprint density at radius 1 is 1.42 bits per heavy atom. The number of hydrogen-bond donors (Lipinski definition) is 2. The molecule has 0 bridgehead atoms. The number of ether oxygens (including phenoxy) is 2. The minimum Gasteiger partial charge on any atom is -0.394 e. The predicted octanol–water partition coefficient (Wildman–Crippen LogP) is 2.10. The Balaban J connectivity index is 1.98. The van der Waals surface area contributed by atoms with Crippen molar-refractivity contribution in [2.24, 2.45) is 0 Å². The van der Waals surface area contributed by atoms with Gasteiger partial charge in [0.15, 0.2) is 0 Å². The van der Waals surface area contributed by atoms with E-state index in [1.54, 1.807) is 0 Å². The van der Waals surface area contributed by atoms with Crippen LogP contribution in [0.3, 0.4) is 0 Å². The SMILES string of the molecule is CCCNC(C)(CO)CCCCOCC1CCCO1. The summed E-state index contributed by atoms with van der Waals surface area (Å²) in [4.78, 5) is 0. The largest absolute Gasteiger partial charge is 0.394 e. The van der Waals surface area contributed by atoms with E-state index in [4.69, 9.17) is 9.47 Å². The van der Waals surface area contributed by atoms with E-state index in [9.17, 15) is 5.11 Å². The summed E-state index contributed by atoms with van der Waals surface area (Å²) in [6, 6.07) is 0. The van der Waals surface area contributed by atoms with E-state index >= 15 is 0 Å². The molecule has 0 spiro atoms. The zero-order valence-electron chi connectivity index (χ0n) is 12.6. The topological polar surface area (TPSA) is 50.7 Å². The second-order valence-corrected chi connectivity index (χ2v) is 5.81. The van der Waals surface area contributed by atoms with Gasteiger partial charge in [-0.25, -0.2) is 0 Å². The van der Waals surface area contributed by atoms with Gasteiger partial charge in [0.25, 0.3) is 0 Å². The molecule has 0 aliphatic carbocycles. The van der Waals surface area contributed by atoms with E-state index < -0.39 is 0 Å². The number of rotatable bonds is 11. The summed E-state index contributed by atoms with van der Waals surface area (Å²) in [7, 11) is 0. The molecule has 1 rings (SSSR count). The molecule has 1 aliphatic heterocycles. The van der Waals surface area contributed by atoms with Crippen molar-refractivity contribution < 1.29 is 14.6 Å². The Morgan fingerprint density at radius 3 is 2.89 bits per heavy atom. The number of nitrogens with one attached hydrogen (secondary N) is 1. The molecule has 0 radical (unpaired) electrons. The van der Waals surface area contributed by atoms with E-state index in [0.717, 1.165) is 58.5 Å². The molecule has 2 atom stereocenters. The molecule has 4 nitrogen and oxygen atoms in total. The molecule has 0 saturated carbocycles. The summed E-state index contributed by atoms with van der Waals surface area (Å²) in [6.45, 7) is 7.84. The highest BCUT2D eigenvalue weighted by Crippen LogP contribution is 2.14. The molecule has 1 aliphatic rings. The quantitative estimate of drug-likeness (QED) is 0.566. The Labute approximate surface area is 117 Å². The summed E-state index contributed by atoms with van der Waals surface area (Å²) in [5, 5.41) is 12.9. The zero-order chi connectivity index (χ0) is 14.0. The minimum absolute atomic E-state index is 0.134. The fourth-order valence-corrected chi connectivity index (χ4v) is 2.36. The van der Waals surface area contributed by atoms with Crippen molar-refractivity contribution in [1.82, 2.24) is 5.32 Å². The van der Waals surface area contributed by atoms with E-state index in [-0.39, 0.29) is 12.1 Å². The van der Waals surface area contributed by atoms with Crippen LogP contribution >= 0.6 is 0 Å². The lowest BCUT2D eigenvalue weighted by molar-refractivity contribution is 0.0155. The lowest BCUT2D eigenvalue weighted by Crippen LogP contribution is -2.46. The fraction of sp³-hybridized carbons (Fsp3) is 1.00. The van der Waals surface area contributed by atoms with Gasteiger partial charge in [-0.15, -0.1) is 0 Å². The van der Waals surface area contributed by atoms with Crippen LogP contribution in [-0.4, -0.2) is 49.7 Å². The summed E-state index contributed by atoms with van der Waals surface area (Å²) in [5.41, 5.74) is -0.134. The van der Waals surface area contributed by atoms with Crippen LogP contribution in [0.2, 0.25) is 0 Å². The van der Waals surface area contributed by atoms with Gasteiger partial charge in [0.2, 0.25) is 0 Å². The third kappa shape index (κ3) is 7.25. The third-order valence-electron chi connectivity index (χ3n) is 3.75. The molecule has 2 N–H and O–H groups in total. The smallest absolute Gasteiger partial charge is 0.0809 e. The normalized spacial score (nSPS) is 22.6. The van der Waals surface area contributed by atoms with Gasteiger partial charge in [-0.2, -0.15) is 0 Å². The monoisotopic (exact) mass is 273 g/mol. The second kappa shape index (κ2) is 9.70. The van der Waals surface area contributed by atoms with Gasteiger partial charge in [-0.05, 0) is 52.0 Å². The van der Waals surface area contributed by atoms with Gasteiger partial charge in [0.1, 0.15) is 0 Å². The number of aliphatic hydroxyl groups excluding tert-OH is 1. The minimum atomic E-state index is -0.134. The van der Waals surface area contributed by atoms with Crippen LogP contribution in [0.15, 0.2) is 0 Å². The van der Waals surface area contributed by atoms with Crippen molar-refractivity contribution in [1.29, 1.82) is 0 Å². The van der Waals surface area contributed by atoms with Gasteiger partial charge < -0.3 is 19.9 Å². The summed E-state index contributed by atoms with van der Waals surface area (Å²) in [6.07, 6.45) is 6.87. The first-order valence-corrected chi connectivity index (χ1v) is 7.75. The van der Waals surface area contributed by atoms with E-state index in [1.165, 1.54) is 6.42 Å². The fourth-order valence-electron chi connectivity index (χ4n) is 2.36. The molecule has 1 saturated heterocycles. The van der Waals surface area contributed by atoms with Crippen LogP contribution in [0.4, 0.5) is 0 Å². The van der Waals surface area contributed by atoms with Crippen LogP contribution in [0.1, 0.15) is 52.4 Å². The van der Waals surface area contributed by atoms with Gasteiger partial charge in [-0.1, -0.05) is 6.92 Å². The maximum atomic E-state index is 9.45. The molecule has 1 heterocycles. The Morgan fingerprint density at radius 2 is 2.26 bits per heavy atom. The molecule has 2 unspecified atom stereocenters. The van der Waals surface area contributed by atoms with Crippen LogP contribution in [0.5, 0.6) is 0 Å². The zero-order valence-corrected chi connectivity index (χ0v) is 12.6. The molecule has 0 aromatic heterocycles. The molecule has 0 amide bonds. The van der Waals surface area contributed by atoms with Gasteiger partial charge in [0.05, 0.1) is 19.3 Å². The van der Waals surface area contributed by atoms with Crippen LogP contribution < -0.4 is 5.32 Å². The first-order valence-electron chi connectivity index (χ1n) is 7.75. The Hall–Kier alpha value is -0.160. The molecule has 4 heteroatoms. The molecule has 1 fully saturated rings. The average Bonchev–Trinajstić information content (AvgIpc) is 2.93. The van der Waals surface area contributed by atoms with E-state index in [1.807, 2.05) is 0 Å². The highest BCUT2D eigenvalue weighted by molar-refractivity contribution is 4.81. The summed E-state index contributed by atoms with van der Waals surface area (Å²) < 4.78 is 11.1. The summed E-state index contributed by atoms with van der Waals surface area (Å²) >= 11 is 0. The average molecular weight is 273 g/mol. The number of aliphatic hydroxyl groups is 1.